The summed E-state index contributed by atoms with van der Waals surface area (Å²) >= 11 is 1.82. The van der Waals surface area contributed by atoms with E-state index < -0.39 is 0 Å². The van der Waals surface area contributed by atoms with Crippen molar-refractivity contribution in [2.45, 2.75) is 38.1 Å². The van der Waals surface area contributed by atoms with E-state index in [2.05, 4.69) is 22.8 Å². The summed E-state index contributed by atoms with van der Waals surface area (Å²) in [6.45, 7) is 0.588. The summed E-state index contributed by atoms with van der Waals surface area (Å²) < 4.78 is 12.1. The van der Waals surface area contributed by atoms with E-state index >= 15 is 0 Å². The molecule has 0 radical (unpaired) electrons. The standard InChI is InChI=1S/C13H20FNS/c14-8-4-9-15-13(11-5-1-2-6-11)12-7-3-10-16-12/h3,7,10-11,13,15H,1-2,4-6,8-9H2. The van der Waals surface area contributed by atoms with Crippen LogP contribution in [-0.2, 0) is 0 Å². The van der Waals surface area contributed by atoms with Gasteiger partial charge in [-0.05, 0) is 43.2 Å². The van der Waals surface area contributed by atoms with Crippen molar-refractivity contribution >= 4 is 11.3 Å². The summed E-state index contributed by atoms with van der Waals surface area (Å²) in [7, 11) is 0. The number of halogens is 1. The predicted molar refractivity (Wildman–Crippen MR) is 67.6 cm³/mol. The molecule has 0 amide bonds. The first-order chi connectivity index (χ1) is 7.92. The number of hydrogen-bond donors (Lipinski definition) is 1. The van der Waals surface area contributed by atoms with E-state index in [1.807, 2.05) is 11.3 Å². The maximum Gasteiger partial charge on any atom is 0.0906 e. The summed E-state index contributed by atoms with van der Waals surface area (Å²) in [5, 5.41) is 5.67. The van der Waals surface area contributed by atoms with Crippen LogP contribution >= 0.6 is 11.3 Å². The van der Waals surface area contributed by atoms with Gasteiger partial charge in [-0.3, -0.25) is 4.39 Å². The molecule has 3 heteroatoms. The van der Waals surface area contributed by atoms with Gasteiger partial charge in [-0.1, -0.05) is 18.9 Å². The monoisotopic (exact) mass is 241 g/mol. The van der Waals surface area contributed by atoms with Gasteiger partial charge in [-0.2, -0.15) is 0 Å². The molecule has 1 aromatic rings. The van der Waals surface area contributed by atoms with Crippen molar-refractivity contribution in [3.63, 3.8) is 0 Å². The van der Waals surface area contributed by atoms with Gasteiger partial charge in [0.15, 0.2) is 0 Å². The minimum atomic E-state index is -0.213. The topological polar surface area (TPSA) is 12.0 Å². The summed E-state index contributed by atoms with van der Waals surface area (Å²) in [6.07, 6.45) is 6.00. The fourth-order valence-electron chi connectivity index (χ4n) is 2.58. The first-order valence-electron chi connectivity index (χ1n) is 6.24. The van der Waals surface area contributed by atoms with E-state index in [9.17, 15) is 4.39 Å². The Morgan fingerprint density at radius 3 is 2.88 bits per heavy atom. The van der Waals surface area contributed by atoms with Crippen LogP contribution < -0.4 is 5.32 Å². The molecule has 16 heavy (non-hydrogen) atoms. The Bertz CT molecular complexity index is 280. The maximum atomic E-state index is 12.1. The van der Waals surface area contributed by atoms with E-state index in [0.29, 0.717) is 12.5 Å². The van der Waals surface area contributed by atoms with E-state index in [0.717, 1.165) is 12.5 Å². The van der Waals surface area contributed by atoms with E-state index in [-0.39, 0.29) is 6.67 Å². The lowest BCUT2D eigenvalue weighted by atomic mass is 9.96. The minimum Gasteiger partial charge on any atom is -0.309 e. The molecule has 1 atom stereocenters. The number of hydrogen-bond acceptors (Lipinski definition) is 2. The Hall–Kier alpha value is -0.410. The molecule has 1 aromatic heterocycles. The third-order valence-electron chi connectivity index (χ3n) is 3.40. The third-order valence-corrected chi connectivity index (χ3v) is 4.35. The molecule has 1 aliphatic rings. The van der Waals surface area contributed by atoms with Gasteiger partial charge >= 0.3 is 0 Å². The molecule has 0 aromatic carbocycles. The summed E-state index contributed by atoms with van der Waals surface area (Å²) in [4.78, 5) is 1.42. The van der Waals surface area contributed by atoms with Gasteiger partial charge in [0.25, 0.3) is 0 Å². The second-order valence-electron chi connectivity index (χ2n) is 4.53. The SMILES string of the molecule is FCCCNC(c1cccs1)C1CCCC1. The molecule has 90 valence electrons. The van der Waals surface area contributed by atoms with Crippen LogP contribution in [0.15, 0.2) is 17.5 Å². The highest BCUT2D eigenvalue weighted by Gasteiger charge is 2.26. The van der Waals surface area contributed by atoms with Crippen molar-refractivity contribution in [3.05, 3.63) is 22.4 Å². The smallest absolute Gasteiger partial charge is 0.0906 e. The molecule has 1 saturated carbocycles. The van der Waals surface area contributed by atoms with Crippen LogP contribution in [0.25, 0.3) is 0 Å². The molecule has 1 fully saturated rings. The van der Waals surface area contributed by atoms with Crippen LogP contribution in [0.2, 0.25) is 0 Å². The Balaban J connectivity index is 1.95. The van der Waals surface area contributed by atoms with Crippen LogP contribution in [0.4, 0.5) is 4.39 Å². The second-order valence-corrected chi connectivity index (χ2v) is 5.51. The minimum absolute atomic E-state index is 0.213. The summed E-state index contributed by atoms with van der Waals surface area (Å²) in [5.74, 6) is 0.762. The van der Waals surface area contributed by atoms with Crippen LogP contribution in [-0.4, -0.2) is 13.2 Å². The van der Waals surface area contributed by atoms with Gasteiger partial charge in [0.1, 0.15) is 0 Å². The van der Waals surface area contributed by atoms with Crippen LogP contribution in [0, 0.1) is 5.92 Å². The van der Waals surface area contributed by atoms with E-state index in [1.54, 1.807) is 0 Å². The van der Waals surface area contributed by atoms with Crippen molar-refractivity contribution in [2.75, 3.05) is 13.2 Å². The summed E-state index contributed by atoms with van der Waals surface area (Å²) in [5.41, 5.74) is 0. The zero-order valence-corrected chi connectivity index (χ0v) is 10.4. The van der Waals surface area contributed by atoms with Crippen LogP contribution in [0.3, 0.4) is 0 Å². The average Bonchev–Trinajstić information content (AvgIpc) is 2.97. The Morgan fingerprint density at radius 1 is 1.44 bits per heavy atom. The second kappa shape index (κ2) is 6.36. The van der Waals surface area contributed by atoms with E-state index in [4.69, 9.17) is 0 Å². The van der Waals surface area contributed by atoms with Gasteiger partial charge in [0.05, 0.1) is 6.67 Å². The lowest BCUT2D eigenvalue weighted by Gasteiger charge is -2.23. The Kier molecular flexibility index (Phi) is 4.79. The summed E-state index contributed by atoms with van der Waals surface area (Å²) in [6, 6.07) is 4.78. The molecule has 2 rings (SSSR count). The van der Waals surface area contributed by atoms with Gasteiger partial charge < -0.3 is 5.32 Å². The van der Waals surface area contributed by atoms with E-state index in [1.165, 1.54) is 30.6 Å². The highest BCUT2D eigenvalue weighted by atomic mass is 32.1. The molecular formula is C13H20FNS. The first-order valence-corrected chi connectivity index (χ1v) is 7.12. The molecule has 1 aliphatic carbocycles. The molecule has 1 nitrogen and oxygen atoms in total. The number of rotatable bonds is 6. The fourth-order valence-corrected chi connectivity index (χ4v) is 3.48. The zero-order valence-electron chi connectivity index (χ0n) is 9.62. The van der Waals surface area contributed by atoms with Crippen molar-refractivity contribution in [1.29, 1.82) is 0 Å². The quantitative estimate of drug-likeness (QED) is 0.744. The molecule has 1 heterocycles. The lowest BCUT2D eigenvalue weighted by Crippen LogP contribution is -2.27. The van der Waals surface area contributed by atoms with Crippen LogP contribution in [0.5, 0.6) is 0 Å². The van der Waals surface area contributed by atoms with Gasteiger partial charge in [-0.15, -0.1) is 11.3 Å². The predicted octanol–water partition coefficient (Wildman–Crippen LogP) is 3.93. The molecule has 0 saturated heterocycles. The van der Waals surface area contributed by atoms with Crippen molar-refractivity contribution in [3.8, 4) is 0 Å². The van der Waals surface area contributed by atoms with Gasteiger partial charge in [-0.25, -0.2) is 0 Å². The normalized spacial score (nSPS) is 19.1. The molecular weight excluding hydrogens is 221 g/mol. The highest BCUT2D eigenvalue weighted by Crippen LogP contribution is 2.37. The fraction of sp³-hybridized carbons (Fsp3) is 0.692. The van der Waals surface area contributed by atoms with Gasteiger partial charge in [0, 0.05) is 10.9 Å². The third kappa shape index (κ3) is 3.05. The largest absolute Gasteiger partial charge is 0.309 e. The molecule has 0 aliphatic heterocycles. The zero-order chi connectivity index (χ0) is 11.2. The number of nitrogens with one attached hydrogen (secondary N) is 1. The van der Waals surface area contributed by atoms with Crippen molar-refractivity contribution in [1.82, 2.24) is 5.32 Å². The molecule has 1 unspecified atom stereocenters. The maximum absolute atomic E-state index is 12.1. The Morgan fingerprint density at radius 2 is 2.25 bits per heavy atom. The van der Waals surface area contributed by atoms with Crippen LogP contribution in [0.1, 0.15) is 43.0 Å². The number of thiophene rings is 1. The Labute approximate surface area is 101 Å². The average molecular weight is 241 g/mol. The molecule has 0 spiro atoms. The first kappa shape index (κ1) is 12.1. The molecule has 1 N–H and O–H groups in total. The van der Waals surface area contributed by atoms with Crippen molar-refractivity contribution < 1.29 is 4.39 Å². The number of alkyl halides is 1. The van der Waals surface area contributed by atoms with Gasteiger partial charge in [0.2, 0.25) is 0 Å². The highest BCUT2D eigenvalue weighted by molar-refractivity contribution is 7.10. The lowest BCUT2D eigenvalue weighted by molar-refractivity contribution is 0.358. The molecule has 0 bridgehead atoms. The van der Waals surface area contributed by atoms with Crippen molar-refractivity contribution in [2.24, 2.45) is 5.92 Å².